The topological polar surface area (TPSA) is 57.2 Å². The van der Waals surface area contributed by atoms with Gasteiger partial charge in [0, 0.05) is 0 Å². The van der Waals surface area contributed by atoms with Crippen molar-refractivity contribution in [3.05, 3.63) is 41.5 Å². The van der Waals surface area contributed by atoms with Crippen molar-refractivity contribution in [2.45, 2.75) is 44.4 Å². The van der Waals surface area contributed by atoms with Crippen LogP contribution in [-0.2, 0) is 23.0 Å². The van der Waals surface area contributed by atoms with Gasteiger partial charge in [0.25, 0.3) is 0 Å². The maximum Gasteiger partial charge on any atom is 1.00 e. The van der Waals surface area contributed by atoms with Crippen molar-refractivity contribution in [1.82, 2.24) is 0 Å². The molecule has 0 heterocycles. The number of aryl methyl sites for hydroxylation is 2. The second-order valence-corrected chi connectivity index (χ2v) is 6.40. The molecule has 0 spiro atoms. The molecular weight excluding hydrogens is 295 g/mol. The minimum absolute atomic E-state index is 0. The van der Waals surface area contributed by atoms with E-state index >= 15 is 0 Å². The molecule has 21 heavy (non-hydrogen) atoms. The van der Waals surface area contributed by atoms with Gasteiger partial charge in [-0.1, -0.05) is 44.9 Å². The fourth-order valence-electron chi connectivity index (χ4n) is 2.58. The maximum absolute atomic E-state index is 11.4. The number of hydrogen-bond acceptors (Lipinski definition) is 3. The first-order valence-electron chi connectivity index (χ1n) is 6.97. The average molecular weight is 314 g/mol. The van der Waals surface area contributed by atoms with Crippen LogP contribution in [0.1, 0.15) is 37.8 Å². The van der Waals surface area contributed by atoms with Gasteiger partial charge < -0.3 is 4.55 Å². The molecule has 3 nitrogen and oxygen atoms in total. The average Bonchev–Trinajstić information content (AvgIpc) is 2.38. The molecule has 0 atom stereocenters. The minimum atomic E-state index is -4.44. The molecule has 0 N–H and O–H groups in total. The molecule has 2 rings (SSSR count). The molecule has 0 amide bonds. The Hall–Kier alpha value is -0.390. The molecule has 0 fully saturated rings. The Morgan fingerprint density at radius 3 is 2.19 bits per heavy atom. The van der Waals surface area contributed by atoms with Gasteiger partial charge in [0.1, 0.15) is 10.1 Å². The fourth-order valence-corrected chi connectivity index (χ4v) is 3.25. The summed E-state index contributed by atoms with van der Waals surface area (Å²) in [5.74, 6) is 0. The summed E-state index contributed by atoms with van der Waals surface area (Å²) in [5.41, 5.74) is 2.16. The molecule has 108 valence electrons. The second-order valence-electron chi connectivity index (χ2n) is 5.06. The van der Waals surface area contributed by atoms with Gasteiger partial charge in [-0.05, 0) is 46.9 Å². The van der Waals surface area contributed by atoms with Crippen LogP contribution in [0.3, 0.4) is 0 Å². The van der Waals surface area contributed by atoms with Gasteiger partial charge >= 0.3 is 29.6 Å². The molecule has 0 unspecified atom stereocenters. The van der Waals surface area contributed by atoms with Gasteiger partial charge in [0.05, 0.1) is 4.90 Å². The second kappa shape index (κ2) is 7.75. The van der Waals surface area contributed by atoms with Crippen LogP contribution in [0.5, 0.6) is 0 Å². The van der Waals surface area contributed by atoms with Crippen molar-refractivity contribution in [1.29, 1.82) is 0 Å². The van der Waals surface area contributed by atoms with Crippen molar-refractivity contribution in [3.63, 3.8) is 0 Å². The van der Waals surface area contributed by atoms with Crippen molar-refractivity contribution in [2.24, 2.45) is 0 Å². The van der Waals surface area contributed by atoms with Crippen molar-refractivity contribution < 1.29 is 42.5 Å². The van der Waals surface area contributed by atoms with Crippen LogP contribution in [0.2, 0.25) is 0 Å². The summed E-state index contributed by atoms with van der Waals surface area (Å²) in [5, 5.41) is 1.44. The maximum atomic E-state index is 11.4. The van der Waals surface area contributed by atoms with Gasteiger partial charge in [-0.2, -0.15) is 0 Å². The van der Waals surface area contributed by atoms with Gasteiger partial charge in [-0.15, -0.1) is 0 Å². The summed E-state index contributed by atoms with van der Waals surface area (Å²) in [4.78, 5) is -0.106. The van der Waals surface area contributed by atoms with Crippen LogP contribution in [0, 0.1) is 0 Å². The Morgan fingerprint density at radius 1 is 0.952 bits per heavy atom. The van der Waals surface area contributed by atoms with E-state index in [0.717, 1.165) is 42.2 Å². The predicted molar refractivity (Wildman–Crippen MR) is 79.9 cm³/mol. The SMILES string of the molecule is CCCc1ccc2c(CCC)ccc(S(=O)(=O)[O-])c2c1.[Na+]. The third-order valence-corrected chi connectivity index (χ3v) is 4.35. The Morgan fingerprint density at radius 2 is 1.62 bits per heavy atom. The van der Waals surface area contributed by atoms with Gasteiger partial charge in [-0.25, -0.2) is 8.42 Å². The molecule has 5 heteroatoms. The quantitative estimate of drug-likeness (QED) is 0.601. The molecule has 0 bridgehead atoms. The number of fused-ring (bicyclic) bond motifs is 1. The van der Waals surface area contributed by atoms with E-state index in [0.29, 0.717) is 5.39 Å². The zero-order valence-corrected chi connectivity index (χ0v) is 15.7. The molecule has 0 aliphatic rings. The van der Waals surface area contributed by atoms with E-state index in [-0.39, 0.29) is 34.5 Å². The largest absolute Gasteiger partial charge is 1.00 e. The first-order valence-corrected chi connectivity index (χ1v) is 8.38. The molecule has 0 aliphatic carbocycles. The standard InChI is InChI=1S/C16H20O3S.Na/c1-3-5-12-7-9-14-13(6-4-2)8-10-16(15(14)11-12)20(17,18)19;/h7-11H,3-6H2,1-2H3,(H,17,18,19);/q;+1/p-1. The zero-order chi connectivity index (χ0) is 14.8. The molecular formula is C16H19NaO3S. The molecule has 0 saturated carbocycles. The van der Waals surface area contributed by atoms with Crippen LogP contribution in [0.4, 0.5) is 0 Å². The fraction of sp³-hybridized carbons (Fsp3) is 0.375. The number of benzene rings is 2. The summed E-state index contributed by atoms with van der Waals surface area (Å²) < 4.78 is 34.3. The van der Waals surface area contributed by atoms with Crippen molar-refractivity contribution in [3.8, 4) is 0 Å². The van der Waals surface area contributed by atoms with Crippen molar-refractivity contribution >= 4 is 20.9 Å². The van der Waals surface area contributed by atoms with Crippen LogP contribution in [-0.4, -0.2) is 13.0 Å². The smallest absolute Gasteiger partial charge is 0.744 e. The Labute approximate surface area is 148 Å². The van der Waals surface area contributed by atoms with Gasteiger partial charge in [-0.3, -0.25) is 0 Å². The Kier molecular flexibility index (Phi) is 6.88. The van der Waals surface area contributed by atoms with E-state index in [1.807, 2.05) is 18.2 Å². The summed E-state index contributed by atoms with van der Waals surface area (Å²) >= 11 is 0. The molecule has 2 aromatic carbocycles. The van der Waals surface area contributed by atoms with E-state index in [9.17, 15) is 13.0 Å². The summed E-state index contributed by atoms with van der Waals surface area (Å²) in [6.07, 6.45) is 3.73. The van der Waals surface area contributed by atoms with Gasteiger partial charge in [0.2, 0.25) is 0 Å². The normalized spacial score (nSPS) is 11.4. The van der Waals surface area contributed by atoms with Crippen LogP contribution in [0.15, 0.2) is 35.2 Å². The molecule has 0 saturated heterocycles. The minimum Gasteiger partial charge on any atom is -0.744 e. The summed E-state index contributed by atoms with van der Waals surface area (Å²) in [6, 6.07) is 9.02. The van der Waals surface area contributed by atoms with Crippen LogP contribution < -0.4 is 29.6 Å². The van der Waals surface area contributed by atoms with E-state index < -0.39 is 10.1 Å². The van der Waals surface area contributed by atoms with Crippen LogP contribution >= 0.6 is 0 Å². The zero-order valence-electron chi connectivity index (χ0n) is 12.8. The first kappa shape index (κ1) is 18.7. The predicted octanol–water partition coefficient (Wildman–Crippen LogP) is 0.653. The van der Waals surface area contributed by atoms with Gasteiger partial charge in [0.15, 0.2) is 0 Å². The van der Waals surface area contributed by atoms with E-state index in [1.54, 1.807) is 6.07 Å². The summed E-state index contributed by atoms with van der Waals surface area (Å²) in [7, 11) is -4.44. The molecule has 0 radical (unpaired) electrons. The van der Waals surface area contributed by atoms with Crippen molar-refractivity contribution in [2.75, 3.05) is 0 Å². The number of hydrogen-bond donors (Lipinski definition) is 0. The molecule has 2 aromatic rings. The van der Waals surface area contributed by atoms with E-state index in [4.69, 9.17) is 0 Å². The Bertz CT molecular complexity index is 724. The Balaban J connectivity index is 0.00000220. The number of rotatable bonds is 5. The molecule has 0 aromatic heterocycles. The van der Waals surface area contributed by atoms with Crippen LogP contribution in [0.25, 0.3) is 10.8 Å². The third-order valence-electron chi connectivity index (χ3n) is 3.46. The van der Waals surface area contributed by atoms with E-state index in [1.165, 1.54) is 6.07 Å². The molecule has 0 aliphatic heterocycles. The third kappa shape index (κ3) is 4.30. The monoisotopic (exact) mass is 314 g/mol. The first-order chi connectivity index (χ1) is 9.47. The summed E-state index contributed by atoms with van der Waals surface area (Å²) in [6.45, 7) is 4.15. The van der Waals surface area contributed by atoms with E-state index in [2.05, 4.69) is 13.8 Å².